The summed E-state index contributed by atoms with van der Waals surface area (Å²) >= 11 is 0. The highest BCUT2D eigenvalue weighted by Crippen LogP contribution is 2.17. The number of unbranched alkanes of at least 4 members (excludes halogenated alkanes) is 6. The molecule has 0 atom stereocenters. The fraction of sp³-hybridized carbons (Fsp3) is 1.00. The predicted molar refractivity (Wildman–Crippen MR) is 88.6 cm³/mol. The van der Waals surface area contributed by atoms with E-state index in [-0.39, 0.29) is 17.0 Å². The smallest absolute Gasteiger partial charge is 0.0786 e. The Morgan fingerprint density at radius 3 is 1.05 bits per heavy atom. The molecule has 124 valence electrons. The molecule has 2 heteroatoms. The Bertz CT molecular complexity index is 162. The van der Waals surface area contributed by atoms with Gasteiger partial charge in [0, 0.05) is 0 Å². The van der Waals surface area contributed by atoms with Crippen molar-refractivity contribution in [3.05, 3.63) is 0 Å². The molecule has 0 radical (unpaired) electrons. The van der Waals surface area contributed by atoms with Crippen molar-refractivity contribution in [2.45, 2.75) is 91.9 Å². The number of rotatable bonds is 14. The molecule has 0 N–H and O–H groups in total. The normalized spacial score (nSPS) is 11.4. The summed E-state index contributed by atoms with van der Waals surface area (Å²) in [4.78, 5) is 0. The van der Waals surface area contributed by atoms with Crippen molar-refractivity contribution in [1.82, 2.24) is 0 Å². The number of hydrogen-bond acceptors (Lipinski definition) is 0. The molecule has 0 heterocycles. The van der Waals surface area contributed by atoms with Gasteiger partial charge in [-0.15, -0.1) is 0 Å². The van der Waals surface area contributed by atoms with Crippen LogP contribution in [0.5, 0.6) is 0 Å². The van der Waals surface area contributed by atoms with E-state index in [1.165, 1.54) is 94.9 Å². The summed E-state index contributed by atoms with van der Waals surface area (Å²) < 4.78 is 1.43. The van der Waals surface area contributed by atoms with E-state index in [4.69, 9.17) is 0 Å². The van der Waals surface area contributed by atoms with Crippen LogP contribution in [0.4, 0.5) is 0 Å². The van der Waals surface area contributed by atoms with Gasteiger partial charge in [-0.05, 0) is 38.5 Å². The highest BCUT2D eigenvalue weighted by Gasteiger charge is 2.24. The fourth-order valence-electron chi connectivity index (χ4n) is 3.05. The Morgan fingerprint density at radius 2 is 0.750 bits per heavy atom. The zero-order valence-electron chi connectivity index (χ0n) is 14.7. The van der Waals surface area contributed by atoms with Crippen LogP contribution in [-0.4, -0.2) is 30.7 Å². The zero-order valence-corrected chi connectivity index (χ0v) is 16.3. The van der Waals surface area contributed by atoms with Crippen molar-refractivity contribution >= 4 is 0 Å². The number of hydrogen-bond donors (Lipinski definition) is 0. The fourth-order valence-corrected chi connectivity index (χ4v) is 3.05. The van der Waals surface area contributed by atoms with Crippen LogP contribution in [0.3, 0.4) is 0 Å². The first-order chi connectivity index (χ1) is 9.24. The first kappa shape index (κ1) is 22.7. The zero-order chi connectivity index (χ0) is 14.4. The maximum Gasteiger partial charge on any atom is 0.0786 e. The van der Waals surface area contributed by atoms with Crippen LogP contribution < -0.4 is 17.0 Å². The maximum absolute atomic E-state index is 2.34. The summed E-state index contributed by atoms with van der Waals surface area (Å²) in [6, 6.07) is 0. The molecular weight excluding hydrogens is 310 g/mol. The van der Waals surface area contributed by atoms with E-state index in [2.05, 4.69) is 27.7 Å². The van der Waals surface area contributed by atoms with Gasteiger partial charge >= 0.3 is 0 Å². The molecule has 20 heavy (non-hydrogen) atoms. The van der Waals surface area contributed by atoms with Gasteiger partial charge in [0.1, 0.15) is 0 Å². The molecule has 0 rings (SSSR count). The van der Waals surface area contributed by atoms with E-state index in [1.807, 2.05) is 0 Å². The van der Waals surface area contributed by atoms with Crippen molar-refractivity contribution in [2.24, 2.45) is 0 Å². The second kappa shape index (κ2) is 15.8. The van der Waals surface area contributed by atoms with Gasteiger partial charge in [0.15, 0.2) is 0 Å². The van der Waals surface area contributed by atoms with E-state index >= 15 is 0 Å². The Labute approximate surface area is 139 Å². The molecule has 0 aromatic heterocycles. The topological polar surface area (TPSA) is 0 Å². The minimum absolute atomic E-state index is 0. The Morgan fingerprint density at radius 1 is 0.450 bits per heavy atom. The monoisotopic (exact) mass is 349 g/mol. The maximum atomic E-state index is 2.34. The van der Waals surface area contributed by atoms with E-state index in [0.717, 1.165) is 0 Å². The van der Waals surface area contributed by atoms with Crippen LogP contribution in [-0.2, 0) is 0 Å². The Kier molecular flexibility index (Phi) is 18.0. The molecule has 0 spiro atoms. The summed E-state index contributed by atoms with van der Waals surface area (Å²) in [6.07, 6.45) is 14.0. The van der Waals surface area contributed by atoms with E-state index in [9.17, 15) is 0 Å². The number of halogens is 1. The molecular formula is C18H40BrN. The summed E-state index contributed by atoms with van der Waals surface area (Å²) in [7, 11) is 0. The molecule has 0 aliphatic carbocycles. The van der Waals surface area contributed by atoms with Gasteiger partial charge in [0.25, 0.3) is 0 Å². The van der Waals surface area contributed by atoms with Gasteiger partial charge < -0.3 is 21.5 Å². The molecule has 0 saturated carbocycles. The lowest BCUT2D eigenvalue weighted by Crippen LogP contribution is -3.00. The standard InChI is InChI=1S/C18H40N.BrH/c1-5-9-13-17-19(15-11-7-3,16-12-8-4)18-14-10-6-2;/h5-18H2,1-4H3;1H/q+1;/p-1. The van der Waals surface area contributed by atoms with Gasteiger partial charge in [-0.3, -0.25) is 0 Å². The third-order valence-electron chi connectivity index (χ3n) is 4.44. The van der Waals surface area contributed by atoms with Crippen LogP contribution in [0.15, 0.2) is 0 Å². The van der Waals surface area contributed by atoms with Crippen molar-refractivity contribution in [2.75, 3.05) is 26.2 Å². The van der Waals surface area contributed by atoms with E-state index in [0.29, 0.717) is 0 Å². The molecule has 0 aliphatic heterocycles. The molecule has 0 unspecified atom stereocenters. The molecule has 0 aliphatic rings. The van der Waals surface area contributed by atoms with Crippen molar-refractivity contribution in [3.8, 4) is 0 Å². The lowest BCUT2D eigenvalue weighted by molar-refractivity contribution is -0.929. The molecule has 0 amide bonds. The minimum atomic E-state index is 0. The lowest BCUT2D eigenvalue weighted by Gasteiger charge is -2.39. The van der Waals surface area contributed by atoms with Gasteiger partial charge in [-0.2, -0.15) is 0 Å². The van der Waals surface area contributed by atoms with Crippen LogP contribution in [0, 0.1) is 0 Å². The van der Waals surface area contributed by atoms with Gasteiger partial charge in [0.2, 0.25) is 0 Å². The molecule has 0 bridgehead atoms. The number of nitrogens with zero attached hydrogens (tertiary/aromatic N) is 1. The van der Waals surface area contributed by atoms with Crippen molar-refractivity contribution < 1.29 is 21.5 Å². The van der Waals surface area contributed by atoms with Crippen LogP contribution in [0.25, 0.3) is 0 Å². The summed E-state index contributed by atoms with van der Waals surface area (Å²) in [5.41, 5.74) is 0. The van der Waals surface area contributed by atoms with Crippen LogP contribution >= 0.6 is 0 Å². The molecule has 1 nitrogen and oxygen atoms in total. The van der Waals surface area contributed by atoms with Crippen LogP contribution in [0.2, 0.25) is 0 Å². The first-order valence-corrected chi connectivity index (χ1v) is 9.09. The van der Waals surface area contributed by atoms with Gasteiger partial charge in [-0.25, -0.2) is 0 Å². The summed E-state index contributed by atoms with van der Waals surface area (Å²) in [5, 5.41) is 0. The third kappa shape index (κ3) is 11.1. The predicted octanol–water partition coefficient (Wildman–Crippen LogP) is 2.79. The van der Waals surface area contributed by atoms with Crippen LogP contribution in [0.1, 0.15) is 91.9 Å². The average Bonchev–Trinajstić information content (AvgIpc) is 2.43. The SMILES string of the molecule is CCCCC[N+](CCCC)(CCCC)CCCCC.[Br-]. The lowest BCUT2D eigenvalue weighted by atomic mass is 10.1. The first-order valence-electron chi connectivity index (χ1n) is 9.09. The second-order valence-electron chi connectivity index (χ2n) is 6.36. The summed E-state index contributed by atoms with van der Waals surface area (Å²) in [6.45, 7) is 15.1. The molecule has 0 aromatic rings. The van der Waals surface area contributed by atoms with E-state index in [1.54, 1.807) is 0 Å². The quantitative estimate of drug-likeness (QED) is 0.334. The van der Waals surface area contributed by atoms with Gasteiger partial charge in [-0.1, -0.05) is 53.4 Å². The Balaban J connectivity index is 0. The minimum Gasteiger partial charge on any atom is -1.00 e. The largest absolute Gasteiger partial charge is 1.00 e. The van der Waals surface area contributed by atoms with Crippen molar-refractivity contribution in [1.29, 1.82) is 0 Å². The number of quaternary nitrogens is 1. The van der Waals surface area contributed by atoms with Gasteiger partial charge in [0.05, 0.1) is 26.2 Å². The van der Waals surface area contributed by atoms with E-state index < -0.39 is 0 Å². The second-order valence-corrected chi connectivity index (χ2v) is 6.36. The highest BCUT2D eigenvalue weighted by atomic mass is 79.9. The average molecular weight is 350 g/mol. The summed E-state index contributed by atoms with van der Waals surface area (Å²) in [5.74, 6) is 0. The Hall–Kier alpha value is 0.440. The highest BCUT2D eigenvalue weighted by molar-refractivity contribution is 4.50. The third-order valence-corrected chi connectivity index (χ3v) is 4.44. The van der Waals surface area contributed by atoms with Crippen molar-refractivity contribution in [3.63, 3.8) is 0 Å². The molecule has 0 saturated heterocycles. The molecule has 0 aromatic carbocycles. The molecule has 0 fully saturated rings.